The summed E-state index contributed by atoms with van der Waals surface area (Å²) in [4.78, 5) is 22.5. The van der Waals surface area contributed by atoms with E-state index in [1.807, 2.05) is 0 Å². The molecule has 1 heterocycles. The molecule has 0 bridgehead atoms. The number of amides is 1. The van der Waals surface area contributed by atoms with Crippen LogP contribution in [0, 0.1) is 10.1 Å². The highest BCUT2D eigenvalue weighted by Crippen LogP contribution is 2.46. The number of hydrogen-bond donors (Lipinski definition) is 1. The lowest BCUT2D eigenvalue weighted by atomic mass is 10.2. The van der Waals surface area contributed by atoms with Crippen molar-refractivity contribution >= 4 is 40.5 Å². The molecule has 3 rings (SSSR count). The summed E-state index contributed by atoms with van der Waals surface area (Å²) in [7, 11) is 0. The molecule has 0 radical (unpaired) electrons. The van der Waals surface area contributed by atoms with Crippen LogP contribution in [0.5, 0.6) is 0 Å². The maximum atomic E-state index is 13.1. The first-order valence-corrected chi connectivity index (χ1v) is 8.90. The first-order chi connectivity index (χ1) is 13.1. The van der Waals surface area contributed by atoms with Gasteiger partial charge in [-0.2, -0.15) is 18.3 Å². The Labute approximate surface area is 166 Å². The molecule has 0 atom stereocenters. The number of benzene rings is 1. The molecular weight excluding hydrogens is 424 g/mol. The van der Waals surface area contributed by atoms with Crippen molar-refractivity contribution in [1.82, 2.24) is 9.78 Å². The molecule has 7 nitrogen and oxygen atoms in total. The maximum Gasteiger partial charge on any atom is 0.436 e. The molecule has 1 aromatic carbocycles. The first-order valence-electron chi connectivity index (χ1n) is 8.15. The lowest BCUT2D eigenvalue weighted by Gasteiger charge is -2.08. The van der Waals surface area contributed by atoms with Crippen LogP contribution in [-0.4, -0.2) is 20.6 Å². The van der Waals surface area contributed by atoms with Crippen molar-refractivity contribution in [1.29, 1.82) is 0 Å². The maximum absolute atomic E-state index is 13.1. The molecule has 150 valence electrons. The Kier molecular flexibility index (Phi) is 5.53. The summed E-state index contributed by atoms with van der Waals surface area (Å²) < 4.78 is 40.2. The third-order valence-corrected chi connectivity index (χ3v) is 4.75. The van der Waals surface area contributed by atoms with Gasteiger partial charge in [-0.1, -0.05) is 23.2 Å². The number of rotatable bonds is 6. The Morgan fingerprint density at radius 1 is 1.36 bits per heavy atom. The number of carbonyl (C=O) groups excluding carboxylic acids is 1. The Bertz CT molecular complexity index is 942. The van der Waals surface area contributed by atoms with Crippen molar-refractivity contribution in [2.75, 3.05) is 5.32 Å². The summed E-state index contributed by atoms with van der Waals surface area (Å²) in [5, 5.41) is 16.6. The molecule has 28 heavy (non-hydrogen) atoms. The van der Waals surface area contributed by atoms with Gasteiger partial charge in [0.2, 0.25) is 5.91 Å². The lowest BCUT2D eigenvalue weighted by Crippen LogP contribution is -2.17. The largest absolute Gasteiger partial charge is 0.436 e. The number of carbonyl (C=O) groups is 1. The minimum atomic E-state index is -4.70. The number of nitrogens with one attached hydrogen (secondary N) is 1. The molecule has 0 spiro atoms. The van der Waals surface area contributed by atoms with Crippen LogP contribution in [0.1, 0.15) is 36.6 Å². The molecule has 0 aliphatic heterocycles. The van der Waals surface area contributed by atoms with Gasteiger partial charge in [-0.05, 0) is 25.0 Å². The van der Waals surface area contributed by atoms with Gasteiger partial charge in [0.1, 0.15) is 5.69 Å². The molecule has 1 N–H and O–H groups in total. The molecule has 1 fully saturated rings. The fraction of sp³-hybridized carbons (Fsp3) is 0.375. The second-order valence-electron chi connectivity index (χ2n) is 6.26. The topological polar surface area (TPSA) is 90.1 Å². The minimum absolute atomic E-state index is 0.0590. The van der Waals surface area contributed by atoms with Crippen molar-refractivity contribution in [2.24, 2.45) is 0 Å². The normalized spacial score (nSPS) is 14.2. The van der Waals surface area contributed by atoms with Crippen LogP contribution in [0.25, 0.3) is 0 Å². The van der Waals surface area contributed by atoms with Crippen molar-refractivity contribution in [3.63, 3.8) is 0 Å². The number of nitro benzene ring substituents is 1. The number of alkyl halides is 3. The predicted octanol–water partition coefficient (Wildman–Crippen LogP) is 5.02. The molecule has 1 saturated carbocycles. The van der Waals surface area contributed by atoms with E-state index in [-0.39, 0.29) is 41.0 Å². The molecule has 0 saturated heterocycles. The zero-order chi connectivity index (χ0) is 20.6. The Balaban J connectivity index is 1.75. The van der Waals surface area contributed by atoms with Gasteiger partial charge < -0.3 is 5.32 Å². The zero-order valence-electron chi connectivity index (χ0n) is 14.1. The van der Waals surface area contributed by atoms with Crippen LogP contribution in [0.3, 0.4) is 0 Å². The third kappa shape index (κ3) is 4.39. The van der Waals surface area contributed by atoms with E-state index in [0.29, 0.717) is 12.8 Å². The van der Waals surface area contributed by atoms with Gasteiger partial charge in [0.15, 0.2) is 5.69 Å². The quantitative estimate of drug-likeness (QED) is 0.508. The van der Waals surface area contributed by atoms with Crippen molar-refractivity contribution in [3.05, 3.63) is 49.7 Å². The molecule has 1 amide bonds. The van der Waals surface area contributed by atoms with Gasteiger partial charge in [-0.25, -0.2) is 0 Å². The zero-order valence-corrected chi connectivity index (χ0v) is 15.6. The number of aromatic nitrogens is 2. The first kappa shape index (κ1) is 20.4. The third-order valence-electron chi connectivity index (χ3n) is 4.15. The van der Waals surface area contributed by atoms with E-state index in [1.54, 1.807) is 0 Å². The van der Waals surface area contributed by atoms with Gasteiger partial charge in [0.05, 0.1) is 22.2 Å². The summed E-state index contributed by atoms with van der Waals surface area (Å²) in [6, 6.07) is 3.74. The van der Waals surface area contributed by atoms with E-state index < -0.39 is 27.7 Å². The van der Waals surface area contributed by atoms with Crippen LogP contribution < -0.4 is 5.32 Å². The Morgan fingerprint density at radius 3 is 2.61 bits per heavy atom. The van der Waals surface area contributed by atoms with E-state index in [0.717, 1.165) is 10.7 Å². The highest BCUT2D eigenvalue weighted by Gasteiger charge is 2.42. The summed E-state index contributed by atoms with van der Waals surface area (Å²) >= 11 is 11.6. The monoisotopic (exact) mass is 436 g/mol. The van der Waals surface area contributed by atoms with E-state index in [9.17, 15) is 28.1 Å². The molecular formula is C16H13Cl2F3N4O3. The second-order valence-corrected chi connectivity index (χ2v) is 7.07. The summed E-state index contributed by atoms with van der Waals surface area (Å²) in [6.07, 6.45) is -3.54. The fourth-order valence-electron chi connectivity index (χ4n) is 2.73. The predicted molar refractivity (Wildman–Crippen MR) is 95.6 cm³/mol. The number of hydrogen-bond acceptors (Lipinski definition) is 4. The second kappa shape index (κ2) is 7.59. The highest BCUT2D eigenvalue weighted by atomic mass is 35.5. The van der Waals surface area contributed by atoms with Gasteiger partial charge in [0, 0.05) is 23.4 Å². The average molecular weight is 437 g/mol. The van der Waals surface area contributed by atoms with Crippen LogP contribution in [-0.2, 0) is 17.5 Å². The van der Waals surface area contributed by atoms with E-state index in [1.165, 1.54) is 12.1 Å². The summed E-state index contributed by atoms with van der Waals surface area (Å²) in [5.74, 6) is -0.733. The number of halogens is 5. The van der Waals surface area contributed by atoms with Crippen molar-refractivity contribution in [3.8, 4) is 0 Å². The minimum Gasteiger partial charge on any atom is -0.320 e. The molecule has 1 aliphatic carbocycles. The molecule has 2 aromatic rings. The van der Waals surface area contributed by atoms with Crippen LogP contribution in [0.2, 0.25) is 10.0 Å². The average Bonchev–Trinajstić information content (AvgIpc) is 3.36. The van der Waals surface area contributed by atoms with Gasteiger partial charge >= 0.3 is 6.18 Å². The van der Waals surface area contributed by atoms with Gasteiger partial charge in [-0.3, -0.25) is 19.6 Å². The summed E-state index contributed by atoms with van der Waals surface area (Å²) in [6.45, 7) is -0.144. The Hall–Kier alpha value is -2.33. The summed E-state index contributed by atoms with van der Waals surface area (Å²) in [5.41, 5.74) is -1.36. The SMILES string of the molecule is O=C(CCn1nc(C(F)(F)F)c(Cl)c1C1CC1)Nc1ccc(Cl)cc1[N+](=O)[O-]. The number of nitro groups is 1. The van der Waals surface area contributed by atoms with Gasteiger partial charge in [-0.15, -0.1) is 0 Å². The molecule has 12 heteroatoms. The van der Waals surface area contributed by atoms with Crippen LogP contribution in [0.15, 0.2) is 18.2 Å². The highest BCUT2D eigenvalue weighted by molar-refractivity contribution is 6.32. The lowest BCUT2D eigenvalue weighted by molar-refractivity contribution is -0.383. The smallest absolute Gasteiger partial charge is 0.320 e. The number of nitrogens with zero attached hydrogens (tertiary/aromatic N) is 3. The van der Waals surface area contributed by atoms with Crippen LogP contribution >= 0.6 is 23.2 Å². The van der Waals surface area contributed by atoms with Crippen molar-refractivity contribution in [2.45, 2.75) is 37.9 Å². The molecule has 1 aliphatic rings. The Morgan fingerprint density at radius 2 is 2.04 bits per heavy atom. The number of anilines is 1. The standard InChI is InChI=1S/C16H13Cl2F3N4O3/c17-9-3-4-10(11(7-9)25(27)28)22-12(26)5-6-24-14(8-1-2-8)13(18)15(23-24)16(19,20)21/h3-4,7-8H,1-2,5-6H2,(H,22,26). The van der Waals surface area contributed by atoms with E-state index in [4.69, 9.17) is 23.2 Å². The van der Waals surface area contributed by atoms with Crippen molar-refractivity contribution < 1.29 is 22.9 Å². The van der Waals surface area contributed by atoms with Crippen LogP contribution in [0.4, 0.5) is 24.5 Å². The van der Waals surface area contributed by atoms with E-state index in [2.05, 4.69) is 10.4 Å². The number of aryl methyl sites for hydroxylation is 1. The fourth-order valence-corrected chi connectivity index (χ4v) is 3.30. The van der Waals surface area contributed by atoms with Gasteiger partial charge in [0.25, 0.3) is 5.69 Å². The molecule has 0 unspecified atom stereocenters. The molecule has 1 aromatic heterocycles. The van der Waals surface area contributed by atoms with E-state index >= 15 is 0 Å².